The van der Waals surface area contributed by atoms with Crippen LogP contribution in [0.5, 0.6) is 0 Å². The number of rotatable bonds is 9. The van der Waals surface area contributed by atoms with Gasteiger partial charge in [0.25, 0.3) is 5.91 Å². The van der Waals surface area contributed by atoms with Gasteiger partial charge in [0.15, 0.2) is 5.01 Å². The van der Waals surface area contributed by atoms with Gasteiger partial charge in [0.2, 0.25) is 10.0 Å². The first-order chi connectivity index (χ1) is 17.7. The highest BCUT2D eigenvalue weighted by Crippen LogP contribution is 2.40. The van der Waals surface area contributed by atoms with Gasteiger partial charge in [0.1, 0.15) is 6.04 Å². The van der Waals surface area contributed by atoms with Crippen molar-refractivity contribution in [1.29, 1.82) is 0 Å². The van der Waals surface area contributed by atoms with Crippen molar-refractivity contribution in [3.8, 4) is 10.4 Å². The molecule has 0 aliphatic heterocycles. The van der Waals surface area contributed by atoms with E-state index in [0.29, 0.717) is 28.2 Å². The number of nitrogens with one attached hydrogen (secondary N) is 2. The topological polar surface area (TPSA) is 108 Å². The van der Waals surface area contributed by atoms with Gasteiger partial charge < -0.3 is 10.4 Å². The number of fused-ring (bicyclic) bond motifs is 1. The van der Waals surface area contributed by atoms with Gasteiger partial charge >= 0.3 is 6.18 Å². The summed E-state index contributed by atoms with van der Waals surface area (Å²) in [5, 5.41) is 13.7. The lowest BCUT2D eigenvalue weighted by molar-refractivity contribution is -0.147. The zero-order chi connectivity index (χ0) is 27.9. The molecule has 1 amide bonds. The highest BCUT2D eigenvalue weighted by atomic mass is 32.2. The quantitative estimate of drug-likeness (QED) is 0.335. The normalized spacial score (nSPS) is 15.9. The third-order valence-corrected chi connectivity index (χ3v) is 9.25. The molecule has 1 heterocycles. The van der Waals surface area contributed by atoms with Crippen LogP contribution in [0, 0.1) is 5.92 Å². The van der Waals surface area contributed by atoms with E-state index in [1.54, 1.807) is 48.9 Å². The summed E-state index contributed by atoms with van der Waals surface area (Å²) >= 11 is 1.17. The van der Waals surface area contributed by atoms with Gasteiger partial charge in [0, 0.05) is 17.5 Å². The van der Waals surface area contributed by atoms with E-state index in [1.165, 1.54) is 17.4 Å². The summed E-state index contributed by atoms with van der Waals surface area (Å²) in [6, 6.07) is 7.20. The lowest BCUT2D eigenvalue weighted by atomic mass is 9.81. The minimum Gasteiger partial charge on any atom is -0.389 e. The van der Waals surface area contributed by atoms with Crippen LogP contribution in [0.15, 0.2) is 41.3 Å². The van der Waals surface area contributed by atoms with Crippen molar-refractivity contribution < 1.29 is 31.5 Å². The maximum Gasteiger partial charge on any atom is 0.404 e. The molecule has 38 heavy (non-hydrogen) atoms. The Balaban J connectivity index is 1.78. The Morgan fingerprint density at radius 3 is 2.39 bits per heavy atom. The van der Waals surface area contributed by atoms with E-state index >= 15 is 0 Å². The van der Waals surface area contributed by atoms with Crippen molar-refractivity contribution in [3.05, 3.63) is 47.1 Å². The average molecular weight is 570 g/mol. The van der Waals surface area contributed by atoms with Gasteiger partial charge in [-0.05, 0) is 44.6 Å². The van der Waals surface area contributed by atoms with Crippen LogP contribution in [0.25, 0.3) is 21.2 Å². The number of carbonyl (C=O) groups excluding carboxylic acids is 1. The van der Waals surface area contributed by atoms with Crippen molar-refractivity contribution in [1.82, 2.24) is 15.0 Å². The molecule has 4 rings (SSSR count). The average Bonchev–Trinajstić information content (AvgIpc) is 3.21. The molecule has 1 aliphatic carbocycles. The lowest BCUT2D eigenvalue weighted by Crippen LogP contribution is -2.43. The zero-order valence-corrected chi connectivity index (χ0v) is 22.9. The van der Waals surface area contributed by atoms with Gasteiger partial charge in [-0.1, -0.05) is 49.6 Å². The van der Waals surface area contributed by atoms with Crippen molar-refractivity contribution in [3.63, 3.8) is 0 Å². The van der Waals surface area contributed by atoms with Crippen molar-refractivity contribution in [2.45, 2.75) is 69.2 Å². The fourth-order valence-corrected chi connectivity index (χ4v) is 6.70. The number of nitrogens with zero attached hydrogens (tertiary/aromatic N) is 1. The highest BCUT2D eigenvalue weighted by molar-refractivity contribution is 7.89. The van der Waals surface area contributed by atoms with E-state index in [1.807, 2.05) is 0 Å². The van der Waals surface area contributed by atoms with Crippen LogP contribution in [0.1, 0.15) is 55.5 Å². The summed E-state index contributed by atoms with van der Waals surface area (Å²) in [6.07, 6.45) is -0.841. The van der Waals surface area contributed by atoms with Crippen molar-refractivity contribution in [2.24, 2.45) is 5.92 Å². The van der Waals surface area contributed by atoms with Crippen LogP contribution >= 0.6 is 11.3 Å². The fraction of sp³-hybridized carbons (Fsp3) is 0.462. The molecule has 1 fully saturated rings. The Morgan fingerprint density at radius 2 is 1.82 bits per heavy atom. The number of alkyl halides is 3. The second-order valence-corrected chi connectivity index (χ2v) is 13.0. The molecule has 3 N–H and O–H groups in total. The van der Waals surface area contributed by atoms with E-state index in [0.717, 1.165) is 31.9 Å². The molecule has 0 radical (unpaired) electrons. The van der Waals surface area contributed by atoms with E-state index < -0.39 is 33.7 Å². The summed E-state index contributed by atoms with van der Waals surface area (Å²) in [4.78, 5) is 17.9. The summed E-state index contributed by atoms with van der Waals surface area (Å²) in [7, 11) is -4.49. The van der Waals surface area contributed by atoms with E-state index in [4.69, 9.17) is 0 Å². The van der Waals surface area contributed by atoms with Gasteiger partial charge in [-0.25, -0.2) is 13.4 Å². The molecule has 0 spiro atoms. The first-order valence-corrected chi connectivity index (χ1v) is 14.6. The lowest BCUT2D eigenvalue weighted by Gasteiger charge is -2.24. The first-order valence-electron chi connectivity index (χ1n) is 12.3. The predicted octanol–water partition coefficient (Wildman–Crippen LogP) is 5.04. The Hall–Kier alpha value is -2.54. The molecule has 0 saturated heterocycles. The van der Waals surface area contributed by atoms with Crippen LogP contribution in [0.2, 0.25) is 0 Å². The van der Waals surface area contributed by atoms with Gasteiger partial charge in [-0.15, -0.1) is 11.3 Å². The predicted molar refractivity (Wildman–Crippen MR) is 141 cm³/mol. The monoisotopic (exact) mass is 569 g/mol. The van der Waals surface area contributed by atoms with E-state index in [-0.39, 0.29) is 21.8 Å². The molecule has 0 unspecified atom stereocenters. The number of sulfonamides is 1. The molecule has 1 atom stereocenters. The molecule has 2 aromatic carbocycles. The molecular formula is C26H30F3N3O4S2. The number of carbonyl (C=O) groups is 1. The largest absolute Gasteiger partial charge is 0.404 e. The van der Waals surface area contributed by atoms with Crippen molar-refractivity contribution in [2.75, 3.05) is 6.54 Å². The molecule has 1 aromatic heterocycles. The van der Waals surface area contributed by atoms with Crippen LogP contribution in [-0.4, -0.2) is 48.8 Å². The van der Waals surface area contributed by atoms with Crippen LogP contribution in [0.4, 0.5) is 13.2 Å². The third-order valence-electron chi connectivity index (χ3n) is 6.52. The number of aromatic nitrogens is 1. The maximum atomic E-state index is 13.1. The summed E-state index contributed by atoms with van der Waals surface area (Å²) in [6.45, 7) is 3.95. The second-order valence-electron chi connectivity index (χ2n) is 10.3. The van der Waals surface area contributed by atoms with E-state index in [9.17, 15) is 31.5 Å². The number of aliphatic hydroxyl groups is 1. The number of halogens is 3. The highest BCUT2D eigenvalue weighted by Gasteiger charge is 2.39. The number of thiazole rings is 1. The third kappa shape index (κ3) is 6.36. The molecular weight excluding hydrogens is 539 g/mol. The van der Waals surface area contributed by atoms with Gasteiger partial charge in [-0.3, -0.25) is 4.79 Å². The number of benzene rings is 2. The zero-order valence-electron chi connectivity index (χ0n) is 21.2. The molecule has 0 bridgehead atoms. The summed E-state index contributed by atoms with van der Waals surface area (Å²) < 4.78 is 66.9. The molecule has 1 saturated carbocycles. The Morgan fingerprint density at radius 1 is 1.16 bits per heavy atom. The SMILES string of the molecule is C[C@H](NS(=O)(=O)c1ccc(-c2sc(C(=O)NCC(C)(C)O)nc2CC2CCC2)c2ccccc12)C(F)(F)F. The Kier molecular flexibility index (Phi) is 7.91. The molecule has 1 aliphatic rings. The second kappa shape index (κ2) is 10.6. The number of amides is 1. The van der Waals surface area contributed by atoms with Gasteiger partial charge in [-0.2, -0.15) is 17.9 Å². The minimum absolute atomic E-state index is 0.0392. The molecule has 3 aromatic rings. The standard InChI is InChI=1S/C26H30F3N3O4S2/c1-15(26(27,28)29)32-38(35,36)21-12-11-19(17-9-4-5-10-18(17)21)22-20(13-16-7-6-8-16)31-24(37-22)23(33)30-14-25(2,3)34/h4-5,9-12,15-16,32,34H,6-8,13-14H2,1-3H3,(H,30,33)/t15-/m0/s1. The minimum atomic E-state index is -4.73. The van der Waals surface area contributed by atoms with Crippen LogP contribution < -0.4 is 10.0 Å². The first kappa shape index (κ1) is 28.5. The van der Waals surface area contributed by atoms with Crippen LogP contribution in [-0.2, 0) is 16.4 Å². The summed E-state index contributed by atoms with van der Waals surface area (Å²) in [5.41, 5.74) is 0.272. The van der Waals surface area contributed by atoms with Gasteiger partial charge in [0.05, 0.1) is 21.1 Å². The van der Waals surface area contributed by atoms with Crippen LogP contribution in [0.3, 0.4) is 0 Å². The maximum absolute atomic E-state index is 13.1. The fourth-order valence-electron chi connectivity index (χ4n) is 4.21. The number of hydrogen-bond acceptors (Lipinski definition) is 6. The smallest absolute Gasteiger partial charge is 0.389 e. The van der Waals surface area contributed by atoms with E-state index in [2.05, 4.69) is 10.3 Å². The summed E-state index contributed by atoms with van der Waals surface area (Å²) in [5.74, 6) is 0.00850. The Labute approximate surface area is 223 Å². The molecule has 12 heteroatoms. The van der Waals surface area contributed by atoms with Crippen molar-refractivity contribution >= 4 is 38.0 Å². The molecule has 7 nitrogen and oxygen atoms in total. The number of hydrogen-bond donors (Lipinski definition) is 3. The molecule has 206 valence electrons. The Bertz CT molecular complexity index is 1440.